The molecule has 1 aromatic heterocycles. The first kappa shape index (κ1) is 29.3. The van der Waals surface area contributed by atoms with Gasteiger partial charge in [-0.1, -0.05) is 44.5 Å². The van der Waals surface area contributed by atoms with Crippen molar-refractivity contribution in [3.63, 3.8) is 0 Å². The minimum absolute atomic E-state index is 0.200. The highest BCUT2D eigenvalue weighted by atomic mass is 16.6. The van der Waals surface area contributed by atoms with Crippen LogP contribution < -0.4 is 0 Å². The van der Waals surface area contributed by atoms with Crippen LogP contribution in [-0.4, -0.2) is 50.2 Å². The molecule has 1 saturated heterocycles. The zero-order valence-corrected chi connectivity index (χ0v) is 25.3. The van der Waals surface area contributed by atoms with E-state index in [1.54, 1.807) is 4.90 Å². The van der Waals surface area contributed by atoms with Crippen LogP contribution in [0.2, 0.25) is 0 Å². The molecule has 2 fully saturated rings. The Hall–Kier alpha value is -2.70. The van der Waals surface area contributed by atoms with Crippen molar-refractivity contribution in [2.24, 2.45) is 11.3 Å². The van der Waals surface area contributed by atoms with Gasteiger partial charge in [0.2, 0.25) is 0 Å². The Bertz CT molecular complexity index is 1180. The maximum absolute atomic E-state index is 13.9. The summed E-state index contributed by atoms with van der Waals surface area (Å²) in [6.45, 7) is 17.5. The maximum Gasteiger partial charge on any atom is 0.410 e. The van der Waals surface area contributed by atoms with E-state index in [-0.39, 0.29) is 29.1 Å². The minimum atomic E-state index is -0.573. The van der Waals surface area contributed by atoms with E-state index in [9.17, 15) is 9.59 Å². The third-order valence-corrected chi connectivity index (χ3v) is 7.90. The van der Waals surface area contributed by atoms with Crippen molar-refractivity contribution < 1.29 is 14.3 Å². The molecule has 7 heteroatoms. The highest BCUT2D eigenvalue weighted by molar-refractivity contribution is 5.85. The van der Waals surface area contributed by atoms with Gasteiger partial charge in [0.1, 0.15) is 23.0 Å². The van der Waals surface area contributed by atoms with Gasteiger partial charge in [-0.3, -0.25) is 4.79 Å². The first-order chi connectivity index (χ1) is 18.2. The van der Waals surface area contributed by atoms with Crippen LogP contribution in [0, 0.1) is 25.2 Å². The maximum atomic E-state index is 13.9. The van der Waals surface area contributed by atoms with Gasteiger partial charge >= 0.3 is 6.09 Å². The predicted molar refractivity (Wildman–Crippen MR) is 154 cm³/mol. The highest BCUT2D eigenvalue weighted by Crippen LogP contribution is 2.42. The summed E-state index contributed by atoms with van der Waals surface area (Å²) in [7, 11) is 0. The van der Waals surface area contributed by atoms with Crippen molar-refractivity contribution in [1.29, 1.82) is 0 Å². The number of ketones is 1. The van der Waals surface area contributed by atoms with Crippen LogP contribution in [0.4, 0.5) is 4.79 Å². The first-order valence-electron chi connectivity index (χ1n) is 14.7. The molecule has 0 bridgehead atoms. The van der Waals surface area contributed by atoms with Crippen molar-refractivity contribution in [3.05, 3.63) is 46.5 Å². The molecule has 2 aromatic rings. The molecule has 39 heavy (non-hydrogen) atoms. The molecule has 2 aliphatic rings. The van der Waals surface area contributed by atoms with E-state index in [0.29, 0.717) is 32.0 Å². The van der Waals surface area contributed by atoms with Crippen LogP contribution in [-0.2, 0) is 22.4 Å². The number of aryl methyl sites for hydroxylation is 3. The third kappa shape index (κ3) is 7.70. The van der Waals surface area contributed by atoms with Crippen LogP contribution in [0.3, 0.4) is 0 Å². The summed E-state index contributed by atoms with van der Waals surface area (Å²) in [5, 5.41) is 9.41. The van der Waals surface area contributed by atoms with E-state index in [1.807, 2.05) is 20.8 Å². The van der Waals surface area contributed by atoms with Gasteiger partial charge in [-0.25, -0.2) is 4.79 Å². The normalized spacial score (nSPS) is 20.3. The molecule has 214 valence electrons. The van der Waals surface area contributed by atoms with Crippen molar-refractivity contribution in [3.8, 4) is 0 Å². The Morgan fingerprint density at radius 3 is 2.36 bits per heavy atom. The number of aromatic nitrogens is 3. The summed E-state index contributed by atoms with van der Waals surface area (Å²) in [4.78, 5) is 28.7. The van der Waals surface area contributed by atoms with Crippen LogP contribution >= 0.6 is 0 Å². The van der Waals surface area contributed by atoms with Gasteiger partial charge in [-0.05, 0) is 83.3 Å². The van der Waals surface area contributed by atoms with Gasteiger partial charge in [0.05, 0.1) is 0 Å². The second-order valence-corrected chi connectivity index (χ2v) is 14.0. The monoisotopic (exact) mass is 536 g/mol. The molecular formula is C32H48N4O3. The van der Waals surface area contributed by atoms with E-state index < -0.39 is 5.60 Å². The second kappa shape index (κ2) is 11.4. The van der Waals surface area contributed by atoms with Gasteiger partial charge < -0.3 is 14.2 Å². The van der Waals surface area contributed by atoms with Crippen LogP contribution in [0.25, 0.3) is 0 Å². The molecule has 0 radical (unpaired) electrons. The number of hydrogen-bond acceptors (Lipinski definition) is 5. The predicted octanol–water partition coefficient (Wildman–Crippen LogP) is 6.75. The third-order valence-electron chi connectivity index (χ3n) is 7.90. The average Bonchev–Trinajstić information content (AvgIpc) is 3.58. The zero-order chi connectivity index (χ0) is 28.5. The fourth-order valence-electron chi connectivity index (χ4n) is 5.72. The number of rotatable bonds is 8. The number of likely N-dealkylation sites (tertiary alicyclic amines) is 1. The fourth-order valence-corrected chi connectivity index (χ4v) is 5.72. The standard InChI is InChI=1S/C32H48N4O3/c1-21-11-12-23(22(2)18-21)19-27(37)25-15-17-35(30(38)39-32(6,7)8)20-26(25)29-34-33-28(36(29)24-13-14-24)10-9-16-31(3,4)5/h11-12,18,24-26H,9-10,13-17,19-20H2,1-8H3/t25-,26-/m0/s1. The molecular weight excluding hydrogens is 488 g/mol. The Morgan fingerprint density at radius 1 is 1.03 bits per heavy atom. The molecule has 1 aliphatic carbocycles. The lowest BCUT2D eigenvalue weighted by Gasteiger charge is -2.38. The lowest BCUT2D eigenvalue weighted by Crippen LogP contribution is -2.47. The van der Waals surface area contributed by atoms with E-state index >= 15 is 0 Å². The Balaban J connectivity index is 1.62. The SMILES string of the molecule is Cc1ccc(CC(=O)[C@H]2CCN(C(=O)OC(C)(C)C)C[C@@H]2c2nnc(CCCC(C)(C)C)n2C2CC2)c(C)c1. The molecule has 1 amide bonds. The van der Waals surface area contributed by atoms with Crippen molar-refractivity contribution in [2.75, 3.05) is 13.1 Å². The van der Waals surface area contributed by atoms with Crippen LogP contribution in [0.15, 0.2) is 18.2 Å². The van der Waals surface area contributed by atoms with Crippen molar-refractivity contribution in [1.82, 2.24) is 19.7 Å². The summed E-state index contributed by atoms with van der Waals surface area (Å²) in [6, 6.07) is 6.68. The van der Waals surface area contributed by atoms with E-state index in [0.717, 1.165) is 54.9 Å². The molecule has 2 atom stereocenters. The Morgan fingerprint density at radius 2 is 1.74 bits per heavy atom. The highest BCUT2D eigenvalue weighted by Gasteiger charge is 2.42. The largest absolute Gasteiger partial charge is 0.444 e. The summed E-state index contributed by atoms with van der Waals surface area (Å²) in [5.41, 5.74) is 3.12. The number of hydrogen-bond donors (Lipinski definition) is 0. The van der Waals surface area contributed by atoms with Gasteiger partial charge in [-0.2, -0.15) is 0 Å². The van der Waals surface area contributed by atoms with Gasteiger partial charge in [0.25, 0.3) is 0 Å². The lowest BCUT2D eigenvalue weighted by molar-refractivity contribution is -0.124. The number of carbonyl (C=O) groups excluding carboxylic acids is 2. The molecule has 4 rings (SSSR count). The minimum Gasteiger partial charge on any atom is -0.444 e. The number of piperidine rings is 1. The van der Waals surface area contributed by atoms with Gasteiger partial charge in [0.15, 0.2) is 0 Å². The smallest absolute Gasteiger partial charge is 0.410 e. The average molecular weight is 537 g/mol. The fraction of sp³-hybridized carbons (Fsp3) is 0.688. The lowest BCUT2D eigenvalue weighted by atomic mass is 9.79. The Labute approximate surface area is 234 Å². The quantitative estimate of drug-likeness (QED) is 0.373. The summed E-state index contributed by atoms with van der Waals surface area (Å²) >= 11 is 0. The van der Waals surface area contributed by atoms with Gasteiger partial charge in [-0.15, -0.1) is 10.2 Å². The Kier molecular flexibility index (Phi) is 8.58. The molecule has 1 aromatic carbocycles. The molecule has 0 unspecified atom stereocenters. The van der Waals surface area contributed by atoms with Gasteiger partial charge in [0, 0.05) is 43.8 Å². The summed E-state index contributed by atoms with van der Waals surface area (Å²) < 4.78 is 8.04. The van der Waals surface area contributed by atoms with E-state index in [1.165, 1.54) is 5.56 Å². The first-order valence-corrected chi connectivity index (χ1v) is 14.7. The second-order valence-electron chi connectivity index (χ2n) is 14.0. The molecule has 0 N–H and O–H groups in total. The molecule has 1 aliphatic heterocycles. The number of carbonyl (C=O) groups is 2. The number of amides is 1. The topological polar surface area (TPSA) is 77.3 Å². The molecule has 1 saturated carbocycles. The number of ether oxygens (including phenoxy) is 1. The molecule has 7 nitrogen and oxygen atoms in total. The molecule has 0 spiro atoms. The van der Waals surface area contributed by atoms with Crippen molar-refractivity contribution >= 4 is 11.9 Å². The van der Waals surface area contributed by atoms with Crippen LogP contribution in [0.1, 0.15) is 114 Å². The number of benzene rings is 1. The van der Waals surface area contributed by atoms with E-state index in [2.05, 4.69) is 62.5 Å². The summed E-state index contributed by atoms with van der Waals surface area (Å²) in [6.07, 6.45) is 5.95. The van der Waals surface area contributed by atoms with Crippen LogP contribution in [0.5, 0.6) is 0 Å². The number of nitrogens with zero attached hydrogens (tertiary/aromatic N) is 4. The van der Waals surface area contributed by atoms with Crippen molar-refractivity contribution in [2.45, 2.75) is 118 Å². The van der Waals surface area contributed by atoms with E-state index in [4.69, 9.17) is 9.84 Å². The summed E-state index contributed by atoms with van der Waals surface area (Å²) in [5.74, 6) is 1.69. The molecule has 2 heterocycles. The number of Topliss-reactive ketones (excluding diaryl/α,β-unsaturated/α-hetero) is 1. The zero-order valence-electron chi connectivity index (χ0n) is 25.3.